The molecule has 0 amide bonds. The zero-order valence-corrected chi connectivity index (χ0v) is 13.1. The summed E-state index contributed by atoms with van der Waals surface area (Å²) in [5.74, 6) is 0.995. The third-order valence-corrected chi connectivity index (χ3v) is 3.89. The number of hydrogen-bond acceptors (Lipinski definition) is 2. The Morgan fingerprint density at radius 2 is 1.72 bits per heavy atom. The quantitative estimate of drug-likeness (QED) is 0.562. The molecule has 104 valence electrons. The van der Waals surface area contributed by atoms with Crippen LogP contribution >= 0.6 is 15.9 Å². The molecule has 0 saturated heterocycles. The van der Waals surface area contributed by atoms with E-state index >= 15 is 0 Å². The van der Waals surface area contributed by atoms with Crippen LogP contribution in [0.2, 0.25) is 0 Å². The summed E-state index contributed by atoms with van der Waals surface area (Å²) in [6.45, 7) is 4.18. The van der Waals surface area contributed by atoms with Gasteiger partial charge in [-0.1, -0.05) is 51.9 Å². The van der Waals surface area contributed by atoms with Crippen LogP contribution in [0.5, 0.6) is 0 Å². The largest absolute Gasteiger partial charge is 0.467 e. The molecule has 0 aliphatic rings. The second-order valence-corrected chi connectivity index (χ2v) is 5.70. The molecule has 0 radical (unpaired) electrons. The summed E-state index contributed by atoms with van der Waals surface area (Å²) in [5, 5.41) is 3.42. The molecule has 0 aliphatic carbocycles. The summed E-state index contributed by atoms with van der Waals surface area (Å²) < 4.78 is 6.40. The van der Waals surface area contributed by atoms with Crippen molar-refractivity contribution in [3.8, 4) is 0 Å². The second kappa shape index (κ2) is 10.6. The van der Waals surface area contributed by atoms with Gasteiger partial charge in [0.2, 0.25) is 0 Å². The van der Waals surface area contributed by atoms with Gasteiger partial charge >= 0.3 is 0 Å². The fourth-order valence-corrected chi connectivity index (χ4v) is 2.38. The molecule has 1 heterocycles. The molecule has 0 aliphatic heterocycles. The average molecular weight is 316 g/mol. The van der Waals surface area contributed by atoms with Gasteiger partial charge in [-0.15, -0.1) is 0 Å². The van der Waals surface area contributed by atoms with Crippen molar-refractivity contribution >= 4 is 15.9 Å². The number of hydrogen-bond donors (Lipinski definition) is 1. The molecule has 0 unspecified atom stereocenters. The highest BCUT2D eigenvalue weighted by atomic mass is 79.9. The first-order chi connectivity index (χ1) is 8.84. The van der Waals surface area contributed by atoms with E-state index in [1.165, 1.54) is 51.4 Å². The third kappa shape index (κ3) is 7.22. The number of rotatable bonds is 11. The number of halogens is 1. The van der Waals surface area contributed by atoms with Crippen LogP contribution < -0.4 is 5.32 Å². The summed E-state index contributed by atoms with van der Waals surface area (Å²) in [6, 6.07) is 1.94. The van der Waals surface area contributed by atoms with Crippen molar-refractivity contribution in [2.45, 2.75) is 64.8 Å². The van der Waals surface area contributed by atoms with Crippen molar-refractivity contribution < 1.29 is 4.42 Å². The molecule has 0 fully saturated rings. The smallest absolute Gasteiger partial charge is 0.131 e. The van der Waals surface area contributed by atoms with Crippen LogP contribution in [-0.4, -0.2) is 6.54 Å². The van der Waals surface area contributed by atoms with Crippen molar-refractivity contribution in [3.63, 3.8) is 0 Å². The molecule has 0 aromatic carbocycles. The van der Waals surface area contributed by atoms with Crippen molar-refractivity contribution in [1.29, 1.82) is 0 Å². The van der Waals surface area contributed by atoms with E-state index in [0.717, 1.165) is 23.3 Å². The zero-order chi connectivity index (χ0) is 13.1. The van der Waals surface area contributed by atoms with Crippen LogP contribution in [0.4, 0.5) is 0 Å². The highest BCUT2D eigenvalue weighted by Gasteiger charge is 2.01. The topological polar surface area (TPSA) is 25.2 Å². The molecule has 0 bridgehead atoms. The van der Waals surface area contributed by atoms with E-state index in [9.17, 15) is 0 Å². The van der Waals surface area contributed by atoms with Gasteiger partial charge in [-0.2, -0.15) is 0 Å². The summed E-state index contributed by atoms with van der Waals surface area (Å²) in [6.07, 6.45) is 12.7. The first kappa shape index (κ1) is 15.8. The third-order valence-electron chi connectivity index (χ3n) is 3.18. The number of furan rings is 1. The van der Waals surface area contributed by atoms with E-state index in [-0.39, 0.29) is 0 Å². The van der Waals surface area contributed by atoms with Gasteiger partial charge in [0.1, 0.15) is 5.76 Å². The van der Waals surface area contributed by atoms with E-state index in [4.69, 9.17) is 4.42 Å². The van der Waals surface area contributed by atoms with Gasteiger partial charge in [0, 0.05) is 0 Å². The Hall–Kier alpha value is -0.280. The lowest BCUT2D eigenvalue weighted by Gasteiger charge is -2.03. The fraction of sp³-hybridized carbons (Fsp3) is 0.733. The lowest BCUT2D eigenvalue weighted by atomic mass is 10.1. The molecule has 1 N–H and O–H groups in total. The van der Waals surface area contributed by atoms with Crippen LogP contribution in [0.1, 0.15) is 64.1 Å². The fourth-order valence-electron chi connectivity index (χ4n) is 2.04. The molecular formula is C15H26BrNO. The highest BCUT2D eigenvalue weighted by Crippen LogP contribution is 2.16. The summed E-state index contributed by atoms with van der Waals surface area (Å²) in [7, 11) is 0. The number of unbranched alkanes of at least 4 members (excludes halogenated alkanes) is 7. The van der Waals surface area contributed by atoms with E-state index in [1.807, 2.05) is 6.07 Å². The van der Waals surface area contributed by atoms with Gasteiger partial charge in [-0.05, 0) is 35.0 Å². The lowest BCUT2D eigenvalue weighted by molar-refractivity contribution is 0.474. The van der Waals surface area contributed by atoms with Gasteiger partial charge in [0.25, 0.3) is 0 Å². The molecule has 1 aromatic rings. The predicted molar refractivity (Wildman–Crippen MR) is 80.7 cm³/mol. The predicted octanol–water partition coefficient (Wildman–Crippen LogP) is 5.27. The van der Waals surface area contributed by atoms with E-state index in [0.29, 0.717) is 0 Å². The molecule has 1 rings (SSSR count). The molecule has 3 heteroatoms. The molecule has 0 spiro atoms. The first-order valence-electron chi connectivity index (χ1n) is 7.27. The molecule has 0 saturated carbocycles. The first-order valence-corrected chi connectivity index (χ1v) is 8.06. The van der Waals surface area contributed by atoms with Crippen molar-refractivity contribution in [2.75, 3.05) is 6.54 Å². The minimum Gasteiger partial charge on any atom is -0.467 e. The minimum atomic E-state index is 0.823. The molecule has 0 atom stereocenters. The SMILES string of the molecule is CCCCCCCCCCNCc1occc1Br. The minimum absolute atomic E-state index is 0.823. The van der Waals surface area contributed by atoms with E-state index < -0.39 is 0 Å². The maximum Gasteiger partial charge on any atom is 0.131 e. The number of nitrogens with one attached hydrogen (secondary N) is 1. The summed E-state index contributed by atoms with van der Waals surface area (Å²) >= 11 is 3.46. The molecule has 2 nitrogen and oxygen atoms in total. The maximum absolute atomic E-state index is 5.34. The van der Waals surface area contributed by atoms with Crippen LogP contribution in [0, 0.1) is 0 Å². The van der Waals surface area contributed by atoms with Crippen LogP contribution in [-0.2, 0) is 6.54 Å². The molecule has 1 aromatic heterocycles. The van der Waals surface area contributed by atoms with Crippen LogP contribution in [0.3, 0.4) is 0 Å². The van der Waals surface area contributed by atoms with Gasteiger partial charge in [0.15, 0.2) is 0 Å². The highest BCUT2D eigenvalue weighted by molar-refractivity contribution is 9.10. The van der Waals surface area contributed by atoms with Gasteiger partial charge in [-0.25, -0.2) is 0 Å². The Balaban J connectivity index is 1.83. The van der Waals surface area contributed by atoms with Crippen molar-refractivity contribution in [1.82, 2.24) is 5.32 Å². The summed E-state index contributed by atoms with van der Waals surface area (Å²) in [5.41, 5.74) is 0. The maximum atomic E-state index is 5.34. The standard InChI is InChI=1S/C15H26BrNO/c1-2-3-4-5-6-7-8-9-11-17-13-15-14(16)10-12-18-15/h10,12,17H,2-9,11,13H2,1H3. The zero-order valence-electron chi connectivity index (χ0n) is 11.5. The van der Waals surface area contributed by atoms with Crippen molar-refractivity contribution in [2.24, 2.45) is 0 Å². The average Bonchev–Trinajstić information content (AvgIpc) is 2.77. The van der Waals surface area contributed by atoms with Crippen LogP contribution in [0.15, 0.2) is 21.2 Å². The second-order valence-electron chi connectivity index (χ2n) is 4.84. The Kier molecular flexibility index (Phi) is 9.31. The van der Waals surface area contributed by atoms with E-state index in [1.54, 1.807) is 6.26 Å². The Morgan fingerprint density at radius 3 is 2.33 bits per heavy atom. The van der Waals surface area contributed by atoms with E-state index in [2.05, 4.69) is 28.2 Å². The normalized spacial score (nSPS) is 11.0. The molecule has 18 heavy (non-hydrogen) atoms. The molecular weight excluding hydrogens is 290 g/mol. The Morgan fingerprint density at radius 1 is 1.06 bits per heavy atom. The van der Waals surface area contributed by atoms with Crippen molar-refractivity contribution in [3.05, 3.63) is 22.6 Å². The van der Waals surface area contributed by atoms with Gasteiger partial charge in [-0.3, -0.25) is 0 Å². The Labute approximate surface area is 120 Å². The van der Waals surface area contributed by atoms with Crippen LogP contribution in [0.25, 0.3) is 0 Å². The lowest BCUT2D eigenvalue weighted by Crippen LogP contribution is -2.14. The van der Waals surface area contributed by atoms with Gasteiger partial charge < -0.3 is 9.73 Å². The van der Waals surface area contributed by atoms with Gasteiger partial charge in [0.05, 0.1) is 17.3 Å². The monoisotopic (exact) mass is 315 g/mol. The summed E-state index contributed by atoms with van der Waals surface area (Å²) in [4.78, 5) is 0. The Bertz CT molecular complexity index is 298.